The maximum Gasteiger partial charge on any atom is 0.173 e. The Labute approximate surface area is 95.4 Å². The van der Waals surface area contributed by atoms with Crippen LogP contribution in [-0.4, -0.2) is 18.7 Å². The summed E-state index contributed by atoms with van der Waals surface area (Å²) in [5, 5.41) is 0. The van der Waals surface area contributed by atoms with E-state index in [1.807, 2.05) is 13.0 Å². The van der Waals surface area contributed by atoms with Gasteiger partial charge < -0.3 is 4.74 Å². The number of hydrogen-bond acceptors (Lipinski definition) is 3. The Hall–Kier alpha value is -1.64. The summed E-state index contributed by atoms with van der Waals surface area (Å²) >= 11 is 0. The Bertz CT molecular complexity index is 408. The minimum Gasteiger partial charge on any atom is -0.496 e. The van der Waals surface area contributed by atoms with E-state index in [0.717, 1.165) is 12.0 Å². The molecule has 0 spiro atoms. The van der Waals surface area contributed by atoms with Crippen molar-refractivity contribution in [3.05, 3.63) is 29.3 Å². The fourth-order valence-electron chi connectivity index (χ4n) is 1.51. The summed E-state index contributed by atoms with van der Waals surface area (Å²) < 4.78 is 5.12. The highest BCUT2D eigenvalue weighted by molar-refractivity contribution is 6.08. The summed E-state index contributed by atoms with van der Waals surface area (Å²) in [6.45, 7) is 3.43. The van der Waals surface area contributed by atoms with Gasteiger partial charge in [-0.3, -0.25) is 9.59 Å². The van der Waals surface area contributed by atoms with E-state index in [4.69, 9.17) is 4.74 Å². The van der Waals surface area contributed by atoms with Crippen molar-refractivity contribution in [3.8, 4) is 5.75 Å². The molecule has 0 fully saturated rings. The monoisotopic (exact) mass is 220 g/mol. The predicted octanol–water partition coefficient (Wildman–Crippen LogP) is 2.42. The number of methoxy groups -OCH3 is 1. The summed E-state index contributed by atoms with van der Waals surface area (Å²) in [7, 11) is 1.52. The molecule has 3 heteroatoms. The molecular formula is C13H16O3. The molecule has 1 rings (SSSR count). The highest BCUT2D eigenvalue weighted by Gasteiger charge is 2.14. The highest BCUT2D eigenvalue weighted by Crippen LogP contribution is 2.21. The summed E-state index contributed by atoms with van der Waals surface area (Å²) in [4.78, 5) is 22.7. The standard InChI is InChI=1S/C13H16O3/c1-4-10-5-6-13(16-3)11(8-10)12(15)7-9(2)14/h5-6,8H,4,7H2,1-3H3. The molecule has 0 saturated carbocycles. The van der Waals surface area contributed by atoms with E-state index in [0.29, 0.717) is 11.3 Å². The van der Waals surface area contributed by atoms with Gasteiger partial charge in [-0.15, -0.1) is 0 Å². The van der Waals surface area contributed by atoms with Gasteiger partial charge in [0, 0.05) is 0 Å². The normalized spacial score (nSPS) is 9.94. The molecule has 1 aromatic carbocycles. The zero-order chi connectivity index (χ0) is 12.1. The van der Waals surface area contributed by atoms with Gasteiger partial charge in [-0.1, -0.05) is 13.0 Å². The van der Waals surface area contributed by atoms with Gasteiger partial charge in [0.2, 0.25) is 0 Å². The first-order valence-corrected chi connectivity index (χ1v) is 5.28. The van der Waals surface area contributed by atoms with E-state index in [2.05, 4.69) is 0 Å². The number of benzene rings is 1. The minimum absolute atomic E-state index is 0.0659. The quantitative estimate of drug-likeness (QED) is 0.565. The van der Waals surface area contributed by atoms with Crippen molar-refractivity contribution >= 4 is 11.6 Å². The van der Waals surface area contributed by atoms with Crippen LogP contribution in [0, 0.1) is 0 Å². The largest absolute Gasteiger partial charge is 0.496 e. The van der Waals surface area contributed by atoms with Crippen molar-refractivity contribution in [2.24, 2.45) is 0 Å². The highest BCUT2D eigenvalue weighted by atomic mass is 16.5. The second-order valence-electron chi connectivity index (χ2n) is 3.69. The maximum absolute atomic E-state index is 11.8. The van der Waals surface area contributed by atoms with Gasteiger partial charge >= 0.3 is 0 Å². The third-order valence-corrected chi connectivity index (χ3v) is 2.38. The molecule has 0 N–H and O–H groups in total. The SMILES string of the molecule is CCc1ccc(OC)c(C(=O)CC(C)=O)c1. The van der Waals surface area contributed by atoms with Crippen molar-refractivity contribution in [2.45, 2.75) is 26.7 Å². The molecule has 0 heterocycles. The Morgan fingerprint density at radius 1 is 1.31 bits per heavy atom. The van der Waals surface area contributed by atoms with Crippen LogP contribution in [-0.2, 0) is 11.2 Å². The van der Waals surface area contributed by atoms with Gasteiger partial charge in [0.05, 0.1) is 19.1 Å². The number of ketones is 2. The van der Waals surface area contributed by atoms with Gasteiger partial charge in [0.25, 0.3) is 0 Å². The second-order valence-corrected chi connectivity index (χ2v) is 3.69. The molecule has 16 heavy (non-hydrogen) atoms. The van der Waals surface area contributed by atoms with Crippen molar-refractivity contribution in [3.63, 3.8) is 0 Å². The molecule has 0 aromatic heterocycles. The molecule has 1 aromatic rings. The van der Waals surface area contributed by atoms with Crippen LogP contribution in [0.1, 0.15) is 36.2 Å². The van der Waals surface area contributed by atoms with Crippen LogP contribution < -0.4 is 4.74 Å². The molecule has 0 amide bonds. The fourth-order valence-corrected chi connectivity index (χ4v) is 1.51. The second kappa shape index (κ2) is 5.45. The first-order valence-electron chi connectivity index (χ1n) is 5.28. The van der Waals surface area contributed by atoms with Crippen LogP contribution in [0.2, 0.25) is 0 Å². The first kappa shape index (κ1) is 12.4. The van der Waals surface area contributed by atoms with Gasteiger partial charge in [0.15, 0.2) is 5.78 Å². The van der Waals surface area contributed by atoms with Gasteiger partial charge in [-0.25, -0.2) is 0 Å². The van der Waals surface area contributed by atoms with E-state index < -0.39 is 0 Å². The number of carbonyl (C=O) groups excluding carboxylic acids is 2. The number of aryl methyl sites for hydroxylation is 1. The fraction of sp³-hybridized carbons (Fsp3) is 0.385. The zero-order valence-electron chi connectivity index (χ0n) is 9.87. The third kappa shape index (κ3) is 2.92. The van der Waals surface area contributed by atoms with E-state index in [1.165, 1.54) is 14.0 Å². The van der Waals surface area contributed by atoms with Crippen molar-refractivity contribution in [1.82, 2.24) is 0 Å². The molecular weight excluding hydrogens is 204 g/mol. The number of hydrogen-bond donors (Lipinski definition) is 0. The van der Waals surface area contributed by atoms with Crippen LogP contribution in [0.5, 0.6) is 5.75 Å². The molecule has 0 saturated heterocycles. The minimum atomic E-state index is -0.181. The Balaban J connectivity index is 3.08. The molecule has 86 valence electrons. The Kier molecular flexibility index (Phi) is 4.23. The van der Waals surface area contributed by atoms with Crippen molar-refractivity contribution in [1.29, 1.82) is 0 Å². The first-order chi connectivity index (χ1) is 7.58. The van der Waals surface area contributed by atoms with Crippen LogP contribution in [0.4, 0.5) is 0 Å². The third-order valence-electron chi connectivity index (χ3n) is 2.38. The smallest absolute Gasteiger partial charge is 0.173 e. The Morgan fingerprint density at radius 2 is 2.00 bits per heavy atom. The summed E-state index contributed by atoms with van der Waals surface area (Å²) in [5.74, 6) is 0.219. The van der Waals surface area contributed by atoms with Crippen molar-refractivity contribution in [2.75, 3.05) is 7.11 Å². The molecule has 0 unspecified atom stereocenters. The van der Waals surface area contributed by atoms with E-state index in [1.54, 1.807) is 12.1 Å². The molecule has 3 nitrogen and oxygen atoms in total. The summed E-state index contributed by atoms with van der Waals surface area (Å²) in [6, 6.07) is 5.49. The molecule has 0 atom stereocenters. The van der Waals surface area contributed by atoms with Gasteiger partial charge in [0.1, 0.15) is 11.5 Å². The lowest BCUT2D eigenvalue weighted by Crippen LogP contribution is -2.07. The Morgan fingerprint density at radius 3 is 2.50 bits per heavy atom. The predicted molar refractivity (Wildman–Crippen MR) is 62.0 cm³/mol. The van der Waals surface area contributed by atoms with E-state index in [9.17, 15) is 9.59 Å². The zero-order valence-corrected chi connectivity index (χ0v) is 9.87. The van der Waals surface area contributed by atoms with Crippen LogP contribution in [0.15, 0.2) is 18.2 Å². The maximum atomic E-state index is 11.8. The molecule has 0 bridgehead atoms. The van der Waals surface area contributed by atoms with E-state index in [-0.39, 0.29) is 18.0 Å². The van der Waals surface area contributed by atoms with Gasteiger partial charge in [-0.05, 0) is 31.0 Å². The lowest BCUT2D eigenvalue weighted by Gasteiger charge is -2.08. The number of rotatable bonds is 5. The topological polar surface area (TPSA) is 43.4 Å². The lowest BCUT2D eigenvalue weighted by molar-refractivity contribution is -0.116. The van der Waals surface area contributed by atoms with Crippen LogP contribution in [0.3, 0.4) is 0 Å². The van der Waals surface area contributed by atoms with E-state index >= 15 is 0 Å². The van der Waals surface area contributed by atoms with Crippen molar-refractivity contribution < 1.29 is 14.3 Å². The lowest BCUT2D eigenvalue weighted by atomic mass is 10.0. The molecule has 0 aliphatic carbocycles. The average molecular weight is 220 g/mol. The number of carbonyl (C=O) groups is 2. The van der Waals surface area contributed by atoms with Gasteiger partial charge in [-0.2, -0.15) is 0 Å². The summed E-state index contributed by atoms with van der Waals surface area (Å²) in [5.41, 5.74) is 1.56. The average Bonchev–Trinajstić information content (AvgIpc) is 2.27. The number of Topliss-reactive ketones (excluding diaryl/α,β-unsaturated/α-hetero) is 2. The molecule has 0 aliphatic heterocycles. The summed E-state index contributed by atoms with van der Waals surface area (Å²) in [6.07, 6.45) is 0.786. The number of ether oxygens (including phenoxy) is 1. The molecule has 0 radical (unpaired) electrons. The van der Waals surface area contributed by atoms with Crippen LogP contribution in [0.25, 0.3) is 0 Å². The van der Waals surface area contributed by atoms with Crippen LogP contribution >= 0.6 is 0 Å². The molecule has 0 aliphatic rings.